The fourth-order valence-electron chi connectivity index (χ4n) is 1.10. The normalized spacial score (nSPS) is 10.2. The van der Waals surface area contributed by atoms with Gasteiger partial charge >= 0.3 is 6.09 Å². The molecule has 2 rings (SSSR count). The number of ether oxygens (including phenoxy) is 1. The second-order valence-corrected chi connectivity index (χ2v) is 2.54. The summed E-state index contributed by atoms with van der Waals surface area (Å²) in [5.74, 6) is 0.418. The lowest BCUT2D eigenvalue weighted by Gasteiger charge is -1.98. The van der Waals surface area contributed by atoms with Crippen LogP contribution in [0.25, 0.3) is 10.9 Å². The SMILES string of the molecule is NC(=O)Oc1ccc2[nH]ncc2c1. The predicted molar refractivity (Wildman–Crippen MR) is 46.3 cm³/mol. The molecule has 0 saturated carbocycles. The molecule has 2 aromatic rings. The summed E-state index contributed by atoms with van der Waals surface area (Å²) >= 11 is 0. The van der Waals surface area contributed by atoms with Gasteiger partial charge in [0.15, 0.2) is 0 Å². The molecule has 0 saturated heterocycles. The molecular weight excluding hydrogens is 170 g/mol. The lowest BCUT2D eigenvalue weighted by molar-refractivity contribution is 0.211. The number of fused-ring (bicyclic) bond motifs is 1. The minimum atomic E-state index is -0.817. The minimum absolute atomic E-state index is 0.418. The van der Waals surface area contributed by atoms with Crippen molar-refractivity contribution in [2.75, 3.05) is 0 Å². The van der Waals surface area contributed by atoms with Crippen molar-refractivity contribution in [2.24, 2.45) is 5.73 Å². The van der Waals surface area contributed by atoms with Crippen LogP contribution in [0.5, 0.6) is 5.75 Å². The van der Waals surface area contributed by atoms with Gasteiger partial charge < -0.3 is 10.5 Å². The van der Waals surface area contributed by atoms with Crippen LogP contribution in [0.1, 0.15) is 0 Å². The summed E-state index contributed by atoms with van der Waals surface area (Å²) in [5, 5.41) is 7.48. The maximum Gasteiger partial charge on any atom is 0.409 e. The third-order valence-corrected chi connectivity index (χ3v) is 1.63. The number of H-pyrrole nitrogens is 1. The average Bonchev–Trinajstić information content (AvgIpc) is 2.49. The van der Waals surface area contributed by atoms with Gasteiger partial charge in [-0.2, -0.15) is 5.10 Å². The van der Waals surface area contributed by atoms with Crippen molar-refractivity contribution in [1.29, 1.82) is 0 Å². The van der Waals surface area contributed by atoms with Crippen molar-refractivity contribution in [3.63, 3.8) is 0 Å². The molecule has 0 aliphatic heterocycles. The van der Waals surface area contributed by atoms with Gasteiger partial charge in [-0.25, -0.2) is 4.79 Å². The molecule has 0 aliphatic rings. The Morgan fingerprint density at radius 1 is 1.54 bits per heavy atom. The summed E-state index contributed by atoms with van der Waals surface area (Å²) in [5.41, 5.74) is 5.75. The van der Waals surface area contributed by atoms with E-state index in [1.165, 1.54) is 0 Å². The van der Waals surface area contributed by atoms with Gasteiger partial charge in [0.25, 0.3) is 0 Å². The van der Waals surface area contributed by atoms with Crippen molar-refractivity contribution in [3.8, 4) is 5.75 Å². The topological polar surface area (TPSA) is 81.0 Å². The van der Waals surface area contributed by atoms with Crippen LogP contribution in [-0.4, -0.2) is 16.3 Å². The number of primary amides is 1. The fourth-order valence-corrected chi connectivity index (χ4v) is 1.10. The van der Waals surface area contributed by atoms with E-state index in [2.05, 4.69) is 14.9 Å². The largest absolute Gasteiger partial charge is 0.410 e. The van der Waals surface area contributed by atoms with Gasteiger partial charge in [0.2, 0.25) is 0 Å². The molecule has 0 fully saturated rings. The third-order valence-electron chi connectivity index (χ3n) is 1.63. The molecule has 0 spiro atoms. The van der Waals surface area contributed by atoms with E-state index < -0.39 is 6.09 Å². The number of nitrogens with two attached hydrogens (primary N) is 1. The zero-order chi connectivity index (χ0) is 9.26. The summed E-state index contributed by atoms with van der Waals surface area (Å²) in [4.78, 5) is 10.4. The highest BCUT2D eigenvalue weighted by atomic mass is 16.5. The second kappa shape index (κ2) is 2.78. The molecule has 1 aromatic carbocycles. The van der Waals surface area contributed by atoms with E-state index in [1.54, 1.807) is 24.4 Å². The van der Waals surface area contributed by atoms with E-state index in [9.17, 15) is 4.79 Å². The number of aromatic amines is 1. The van der Waals surface area contributed by atoms with Gasteiger partial charge in [-0.3, -0.25) is 5.10 Å². The maximum absolute atomic E-state index is 10.4. The van der Waals surface area contributed by atoms with Crippen LogP contribution in [0.15, 0.2) is 24.4 Å². The maximum atomic E-state index is 10.4. The first-order chi connectivity index (χ1) is 6.25. The van der Waals surface area contributed by atoms with Crippen LogP contribution in [-0.2, 0) is 0 Å². The van der Waals surface area contributed by atoms with Crippen LogP contribution in [0, 0.1) is 0 Å². The van der Waals surface area contributed by atoms with Crippen molar-refractivity contribution in [2.45, 2.75) is 0 Å². The second-order valence-electron chi connectivity index (χ2n) is 2.54. The summed E-state index contributed by atoms with van der Waals surface area (Å²) in [6.07, 6.45) is 0.825. The molecule has 5 heteroatoms. The van der Waals surface area contributed by atoms with Crippen LogP contribution < -0.4 is 10.5 Å². The van der Waals surface area contributed by atoms with E-state index in [-0.39, 0.29) is 0 Å². The zero-order valence-corrected chi connectivity index (χ0v) is 6.65. The lowest BCUT2D eigenvalue weighted by Crippen LogP contribution is -2.16. The predicted octanol–water partition coefficient (Wildman–Crippen LogP) is 1.02. The van der Waals surface area contributed by atoms with Gasteiger partial charge in [-0.1, -0.05) is 0 Å². The molecule has 13 heavy (non-hydrogen) atoms. The van der Waals surface area contributed by atoms with Crippen LogP contribution in [0.3, 0.4) is 0 Å². The number of carbonyl (C=O) groups excluding carboxylic acids is 1. The molecule has 3 N–H and O–H groups in total. The molecule has 0 atom stereocenters. The van der Waals surface area contributed by atoms with Crippen LogP contribution >= 0.6 is 0 Å². The molecule has 0 radical (unpaired) electrons. The first kappa shape index (κ1) is 7.60. The summed E-state index contributed by atoms with van der Waals surface area (Å²) in [6, 6.07) is 5.09. The Bertz CT molecular complexity index is 449. The molecular formula is C8H7N3O2. The van der Waals surface area contributed by atoms with Gasteiger partial charge in [-0.05, 0) is 18.2 Å². The standard InChI is InChI=1S/C8H7N3O2/c9-8(12)13-6-1-2-7-5(3-6)4-10-11-7/h1-4H,(H2,9,12)(H,10,11). The van der Waals surface area contributed by atoms with Crippen LogP contribution in [0.2, 0.25) is 0 Å². The average molecular weight is 177 g/mol. The molecule has 1 aromatic heterocycles. The van der Waals surface area contributed by atoms with Crippen molar-refractivity contribution in [1.82, 2.24) is 10.2 Å². The highest BCUT2D eigenvalue weighted by Crippen LogP contribution is 2.18. The van der Waals surface area contributed by atoms with Crippen molar-refractivity contribution in [3.05, 3.63) is 24.4 Å². The first-order valence-corrected chi connectivity index (χ1v) is 3.66. The first-order valence-electron chi connectivity index (χ1n) is 3.66. The monoisotopic (exact) mass is 177 g/mol. The Labute approximate surface area is 73.5 Å². The van der Waals surface area contributed by atoms with Crippen molar-refractivity contribution >= 4 is 17.0 Å². The zero-order valence-electron chi connectivity index (χ0n) is 6.65. The number of carbonyl (C=O) groups is 1. The highest BCUT2D eigenvalue weighted by Gasteiger charge is 2.00. The summed E-state index contributed by atoms with van der Waals surface area (Å²) in [6.45, 7) is 0. The molecule has 0 unspecified atom stereocenters. The smallest absolute Gasteiger partial charge is 0.409 e. The van der Waals surface area contributed by atoms with E-state index >= 15 is 0 Å². The number of rotatable bonds is 1. The van der Waals surface area contributed by atoms with E-state index in [0.29, 0.717) is 5.75 Å². The number of hydrogen-bond acceptors (Lipinski definition) is 3. The molecule has 66 valence electrons. The Balaban J connectivity index is 2.42. The minimum Gasteiger partial charge on any atom is -0.410 e. The number of amides is 1. The summed E-state index contributed by atoms with van der Waals surface area (Å²) < 4.78 is 4.69. The van der Waals surface area contributed by atoms with E-state index in [0.717, 1.165) is 10.9 Å². The Morgan fingerprint density at radius 3 is 3.15 bits per heavy atom. The van der Waals surface area contributed by atoms with Crippen LogP contribution in [0.4, 0.5) is 4.79 Å². The van der Waals surface area contributed by atoms with Gasteiger partial charge in [0, 0.05) is 5.39 Å². The van der Waals surface area contributed by atoms with Crippen molar-refractivity contribution < 1.29 is 9.53 Å². The molecule has 1 amide bonds. The summed E-state index contributed by atoms with van der Waals surface area (Å²) in [7, 11) is 0. The number of benzene rings is 1. The lowest BCUT2D eigenvalue weighted by atomic mass is 10.2. The Kier molecular flexibility index (Phi) is 1.63. The molecule has 0 bridgehead atoms. The Hall–Kier alpha value is -2.04. The third kappa shape index (κ3) is 1.44. The number of nitrogens with one attached hydrogen (secondary N) is 1. The van der Waals surface area contributed by atoms with E-state index in [4.69, 9.17) is 5.73 Å². The van der Waals surface area contributed by atoms with Gasteiger partial charge in [0.05, 0.1) is 11.7 Å². The molecule has 5 nitrogen and oxygen atoms in total. The Morgan fingerprint density at radius 2 is 2.38 bits per heavy atom. The number of hydrogen-bond donors (Lipinski definition) is 2. The highest BCUT2D eigenvalue weighted by molar-refractivity contribution is 5.80. The van der Waals surface area contributed by atoms with E-state index in [1.807, 2.05) is 0 Å². The van der Waals surface area contributed by atoms with Gasteiger partial charge in [-0.15, -0.1) is 0 Å². The quantitative estimate of drug-likeness (QED) is 0.682. The fraction of sp³-hybridized carbons (Fsp3) is 0. The number of aromatic nitrogens is 2. The molecule has 0 aliphatic carbocycles. The van der Waals surface area contributed by atoms with Gasteiger partial charge in [0.1, 0.15) is 5.75 Å². The number of nitrogens with zero attached hydrogens (tertiary/aromatic N) is 1. The molecule has 1 heterocycles.